The number of aryl methyl sites for hydroxylation is 1. The molecule has 0 saturated carbocycles. The van der Waals surface area contributed by atoms with Gasteiger partial charge in [0.05, 0.1) is 42.8 Å². The summed E-state index contributed by atoms with van der Waals surface area (Å²) < 4.78 is 11.8. The van der Waals surface area contributed by atoms with Crippen molar-refractivity contribution in [2.45, 2.75) is 19.5 Å². The number of ether oxygens (including phenoxy) is 1. The highest BCUT2D eigenvalue weighted by molar-refractivity contribution is 6.46. The Labute approximate surface area is 199 Å². The molecule has 1 fully saturated rings. The summed E-state index contributed by atoms with van der Waals surface area (Å²) in [6.45, 7) is 1.74. The minimum atomic E-state index is -0.916. The first-order chi connectivity index (χ1) is 16.9. The van der Waals surface area contributed by atoms with Crippen molar-refractivity contribution in [2.24, 2.45) is 0 Å². The summed E-state index contributed by atoms with van der Waals surface area (Å²) in [5.41, 5.74) is 2.21. The van der Waals surface area contributed by atoms with Crippen LogP contribution < -0.4 is 0 Å². The van der Waals surface area contributed by atoms with Crippen LogP contribution in [-0.2, 0) is 20.9 Å². The quantitative estimate of drug-likeness (QED) is 0.205. The van der Waals surface area contributed by atoms with E-state index in [2.05, 4.69) is 4.98 Å². The summed E-state index contributed by atoms with van der Waals surface area (Å²) in [4.78, 5) is 44.2. The van der Waals surface area contributed by atoms with E-state index in [0.717, 1.165) is 0 Å². The highest BCUT2D eigenvalue weighted by Gasteiger charge is 2.47. The summed E-state index contributed by atoms with van der Waals surface area (Å²) in [5, 5.41) is 11.5. The highest BCUT2D eigenvalue weighted by atomic mass is 16.5. The highest BCUT2D eigenvalue weighted by Crippen LogP contribution is 2.41. The van der Waals surface area contributed by atoms with Crippen molar-refractivity contribution in [2.75, 3.05) is 7.11 Å². The van der Waals surface area contributed by atoms with Crippen LogP contribution in [0.2, 0.25) is 0 Å². The van der Waals surface area contributed by atoms with Gasteiger partial charge >= 0.3 is 5.97 Å². The Kier molecular flexibility index (Phi) is 5.44. The van der Waals surface area contributed by atoms with Gasteiger partial charge in [-0.15, -0.1) is 0 Å². The number of ketones is 1. The van der Waals surface area contributed by atoms with E-state index >= 15 is 0 Å². The molecule has 1 amide bonds. The zero-order valence-corrected chi connectivity index (χ0v) is 19.0. The molecule has 1 aliphatic heterocycles. The van der Waals surface area contributed by atoms with Gasteiger partial charge in [-0.25, -0.2) is 9.78 Å². The third-order valence-electron chi connectivity index (χ3n) is 6.02. The van der Waals surface area contributed by atoms with Crippen molar-refractivity contribution in [3.05, 3.63) is 101 Å². The van der Waals surface area contributed by atoms with E-state index in [9.17, 15) is 19.5 Å². The number of amides is 1. The molecule has 1 N–H and O–H groups in total. The summed E-state index contributed by atoms with van der Waals surface area (Å²) in [6.07, 6.45) is 3.21. The molecule has 176 valence electrons. The lowest BCUT2D eigenvalue weighted by atomic mass is 9.95. The molecule has 5 rings (SSSR count). The third-order valence-corrected chi connectivity index (χ3v) is 6.02. The van der Waals surface area contributed by atoms with Gasteiger partial charge in [-0.05, 0) is 48.9 Å². The first kappa shape index (κ1) is 22.1. The molecule has 0 spiro atoms. The Hall–Kier alpha value is -4.66. The molecule has 4 heterocycles. The van der Waals surface area contributed by atoms with Crippen molar-refractivity contribution in [1.29, 1.82) is 0 Å². The Morgan fingerprint density at radius 1 is 1.11 bits per heavy atom. The summed E-state index contributed by atoms with van der Waals surface area (Å²) in [7, 11) is 1.28. The Bertz CT molecular complexity index is 1480. The number of benzene rings is 1. The van der Waals surface area contributed by atoms with Gasteiger partial charge in [-0.2, -0.15) is 0 Å². The van der Waals surface area contributed by atoms with Crippen LogP contribution in [0, 0.1) is 6.92 Å². The van der Waals surface area contributed by atoms with Crippen LogP contribution in [0.3, 0.4) is 0 Å². The number of carbonyl (C=O) groups is 3. The maximum Gasteiger partial charge on any atom is 0.337 e. The van der Waals surface area contributed by atoms with Crippen molar-refractivity contribution < 1.29 is 28.6 Å². The van der Waals surface area contributed by atoms with Crippen LogP contribution in [0.15, 0.2) is 77.0 Å². The maximum atomic E-state index is 13.3. The molecule has 0 bridgehead atoms. The summed E-state index contributed by atoms with van der Waals surface area (Å²) in [5.74, 6) is -1.95. The Morgan fingerprint density at radius 2 is 1.89 bits per heavy atom. The minimum absolute atomic E-state index is 0.0178. The van der Waals surface area contributed by atoms with E-state index < -0.39 is 23.7 Å². The van der Waals surface area contributed by atoms with E-state index in [1.807, 2.05) is 6.07 Å². The van der Waals surface area contributed by atoms with Crippen molar-refractivity contribution in [3.8, 4) is 0 Å². The van der Waals surface area contributed by atoms with Gasteiger partial charge < -0.3 is 19.2 Å². The number of rotatable bonds is 5. The Balaban J connectivity index is 1.69. The molecule has 0 aliphatic carbocycles. The van der Waals surface area contributed by atoms with E-state index in [1.54, 1.807) is 66.1 Å². The van der Waals surface area contributed by atoms with Gasteiger partial charge in [-0.3, -0.25) is 14.0 Å². The zero-order chi connectivity index (χ0) is 24.7. The number of methoxy groups -OCH3 is 1. The molecule has 4 aromatic rings. The molecule has 9 heteroatoms. The number of likely N-dealkylation sites (tertiary alicyclic amines) is 1. The first-order valence-electron chi connectivity index (χ1n) is 10.8. The third kappa shape index (κ3) is 3.67. The van der Waals surface area contributed by atoms with Crippen LogP contribution in [0.4, 0.5) is 0 Å². The SMILES string of the molecule is COC(=O)c1ccc(C2/C(=C(\O)c3c(C)nc4ccccn34)C(=O)C(=O)N2Cc2ccco2)cc1. The van der Waals surface area contributed by atoms with E-state index in [-0.39, 0.29) is 17.9 Å². The lowest BCUT2D eigenvalue weighted by Crippen LogP contribution is -2.29. The number of aliphatic hydroxyl groups excluding tert-OH is 1. The maximum absolute atomic E-state index is 13.3. The number of imidazole rings is 1. The zero-order valence-electron chi connectivity index (χ0n) is 19.0. The van der Waals surface area contributed by atoms with E-state index in [1.165, 1.54) is 18.3 Å². The molecule has 9 nitrogen and oxygen atoms in total. The standard InChI is InChI=1S/C26H21N3O6/c1-15-21(28-12-4-3-7-19(28)27-15)23(30)20-22(16-8-10-17(11-9-16)26(33)34-2)29(25(32)24(20)31)14-18-6-5-13-35-18/h3-13,22,30H,14H2,1-2H3/b23-20+. The number of nitrogens with zero attached hydrogens (tertiary/aromatic N) is 3. The van der Waals surface area contributed by atoms with Crippen LogP contribution in [0.25, 0.3) is 11.4 Å². The lowest BCUT2D eigenvalue weighted by Gasteiger charge is -2.24. The van der Waals surface area contributed by atoms with Crippen molar-refractivity contribution in [1.82, 2.24) is 14.3 Å². The fourth-order valence-electron chi connectivity index (χ4n) is 4.41. The number of hydrogen-bond donors (Lipinski definition) is 1. The molecule has 0 radical (unpaired) electrons. The minimum Gasteiger partial charge on any atom is -0.505 e. The summed E-state index contributed by atoms with van der Waals surface area (Å²) >= 11 is 0. The number of hydrogen-bond acceptors (Lipinski definition) is 7. The van der Waals surface area contributed by atoms with Gasteiger partial charge in [0.2, 0.25) is 0 Å². The van der Waals surface area contributed by atoms with Crippen LogP contribution in [0.1, 0.15) is 39.1 Å². The van der Waals surface area contributed by atoms with Crippen LogP contribution in [0.5, 0.6) is 0 Å². The van der Waals surface area contributed by atoms with Gasteiger partial charge in [-0.1, -0.05) is 18.2 Å². The molecule has 35 heavy (non-hydrogen) atoms. The monoisotopic (exact) mass is 471 g/mol. The molecule has 1 aliphatic rings. The van der Waals surface area contributed by atoms with Crippen molar-refractivity contribution in [3.63, 3.8) is 0 Å². The fraction of sp³-hybridized carbons (Fsp3) is 0.154. The van der Waals surface area contributed by atoms with Crippen LogP contribution >= 0.6 is 0 Å². The molecule has 3 aromatic heterocycles. The van der Waals surface area contributed by atoms with Crippen LogP contribution in [-0.4, -0.2) is 44.2 Å². The number of fused-ring (bicyclic) bond motifs is 1. The molecule has 1 saturated heterocycles. The van der Waals surface area contributed by atoms with Gasteiger partial charge in [0.25, 0.3) is 11.7 Å². The number of carbonyl (C=O) groups excluding carboxylic acids is 3. The van der Waals surface area contributed by atoms with E-state index in [4.69, 9.17) is 9.15 Å². The van der Waals surface area contributed by atoms with Gasteiger partial charge in [0, 0.05) is 6.20 Å². The van der Waals surface area contributed by atoms with Gasteiger partial charge in [0.15, 0.2) is 5.76 Å². The second-order valence-corrected chi connectivity index (χ2v) is 8.09. The Morgan fingerprint density at radius 3 is 2.57 bits per heavy atom. The van der Waals surface area contributed by atoms with Gasteiger partial charge in [0.1, 0.15) is 17.1 Å². The summed E-state index contributed by atoms with van der Waals surface area (Å²) in [6, 6.07) is 14.2. The molecule has 1 unspecified atom stereocenters. The second-order valence-electron chi connectivity index (χ2n) is 8.09. The molecule has 1 aromatic carbocycles. The fourth-order valence-corrected chi connectivity index (χ4v) is 4.41. The number of aliphatic hydroxyl groups is 1. The topological polar surface area (TPSA) is 114 Å². The normalized spacial score (nSPS) is 17.3. The predicted octanol–water partition coefficient (Wildman–Crippen LogP) is 3.64. The molecule has 1 atom stereocenters. The smallest absolute Gasteiger partial charge is 0.337 e. The molecular formula is C26H21N3O6. The lowest BCUT2D eigenvalue weighted by molar-refractivity contribution is -0.140. The van der Waals surface area contributed by atoms with Crippen molar-refractivity contribution >= 4 is 29.1 Å². The average molecular weight is 471 g/mol. The predicted molar refractivity (Wildman–Crippen MR) is 124 cm³/mol. The number of pyridine rings is 1. The number of aromatic nitrogens is 2. The number of Topliss-reactive ketones (excluding diaryl/α,β-unsaturated/α-hetero) is 1. The van der Waals surface area contributed by atoms with E-state index in [0.29, 0.717) is 33.9 Å². The second kappa shape index (κ2) is 8.60. The number of furan rings is 1. The molecular weight excluding hydrogens is 450 g/mol. The first-order valence-corrected chi connectivity index (χ1v) is 10.8. The number of esters is 1. The largest absolute Gasteiger partial charge is 0.505 e. The average Bonchev–Trinajstić information content (AvgIpc) is 3.56.